The number of nitrogens with one attached hydrogen (secondary N) is 1. The van der Waals surface area contributed by atoms with Gasteiger partial charge < -0.3 is 5.32 Å². The fourth-order valence-electron chi connectivity index (χ4n) is 1.85. The van der Waals surface area contributed by atoms with Gasteiger partial charge in [0.15, 0.2) is 0 Å². The van der Waals surface area contributed by atoms with Gasteiger partial charge in [-0.2, -0.15) is 18.3 Å². The summed E-state index contributed by atoms with van der Waals surface area (Å²) in [5.41, 5.74) is 0.773. The number of rotatable bonds is 6. The quantitative estimate of drug-likeness (QED) is 0.855. The first-order chi connectivity index (χ1) is 8.26. The number of hydrogen-bond donors (Lipinski definition) is 1. The maximum Gasteiger partial charge on any atom is 0.408 e. The first-order valence-electron chi connectivity index (χ1n) is 6.07. The average Bonchev–Trinajstić information content (AvgIpc) is 2.58. The van der Waals surface area contributed by atoms with Crippen molar-refractivity contribution in [2.45, 2.75) is 52.5 Å². The Morgan fingerprint density at radius 3 is 2.56 bits per heavy atom. The second-order valence-corrected chi connectivity index (χ2v) is 5.07. The minimum atomic E-state index is -4.22. The summed E-state index contributed by atoms with van der Waals surface area (Å²) in [6.07, 6.45) is -0.276. The standard InChI is InChI=1S/C12H20F3N3/c1-9(2)4-10(3)16-5-11-6-17-18(7-11)8-12(13,14)15/h6-7,9-10,16H,4-5,8H2,1-3H3. The highest BCUT2D eigenvalue weighted by Gasteiger charge is 2.28. The van der Waals surface area contributed by atoms with Crippen LogP contribution in [-0.2, 0) is 13.1 Å². The van der Waals surface area contributed by atoms with Crippen molar-refractivity contribution in [3.05, 3.63) is 18.0 Å². The number of halogens is 3. The second kappa shape index (κ2) is 6.22. The third kappa shape index (κ3) is 6.05. The van der Waals surface area contributed by atoms with Crippen molar-refractivity contribution in [3.63, 3.8) is 0 Å². The number of hydrogen-bond acceptors (Lipinski definition) is 2. The Morgan fingerprint density at radius 2 is 2.00 bits per heavy atom. The Balaban J connectivity index is 2.40. The van der Waals surface area contributed by atoms with Gasteiger partial charge in [-0.3, -0.25) is 4.68 Å². The van der Waals surface area contributed by atoms with Crippen molar-refractivity contribution in [2.75, 3.05) is 0 Å². The molecule has 0 aliphatic carbocycles. The van der Waals surface area contributed by atoms with E-state index in [2.05, 4.69) is 31.2 Å². The summed E-state index contributed by atoms with van der Waals surface area (Å²) in [4.78, 5) is 0. The molecule has 1 aromatic heterocycles. The number of alkyl halides is 3. The van der Waals surface area contributed by atoms with Gasteiger partial charge in [-0.05, 0) is 19.3 Å². The van der Waals surface area contributed by atoms with Gasteiger partial charge in [0.25, 0.3) is 0 Å². The highest BCUT2D eigenvalue weighted by molar-refractivity contribution is 5.03. The van der Waals surface area contributed by atoms with E-state index in [1.165, 1.54) is 12.4 Å². The molecule has 1 unspecified atom stereocenters. The minimum absolute atomic E-state index is 0.343. The largest absolute Gasteiger partial charge is 0.408 e. The van der Waals surface area contributed by atoms with E-state index in [0.717, 1.165) is 16.7 Å². The molecule has 1 N–H and O–H groups in total. The zero-order chi connectivity index (χ0) is 13.8. The molecule has 18 heavy (non-hydrogen) atoms. The lowest BCUT2D eigenvalue weighted by atomic mass is 10.1. The van der Waals surface area contributed by atoms with Crippen LogP contribution in [0.1, 0.15) is 32.8 Å². The monoisotopic (exact) mass is 263 g/mol. The molecule has 0 saturated carbocycles. The highest BCUT2D eigenvalue weighted by atomic mass is 19.4. The second-order valence-electron chi connectivity index (χ2n) is 5.07. The van der Waals surface area contributed by atoms with Crippen LogP contribution in [0.3, 0.4) is 0 Å². The molecule has 0 spiro atoms. The van der Waals surface area contributed by atoms with Crippen molar-refractivity contribution >= 4 is 0 Å². The molecular formula is C12H20F3N3. The van der Waals surface area contributed by atoms with Crippen molar-refractivity contribution in [1.29, 1.82) is 0 Å². The zero-order valence-corrected chi connectivity index (χ0v) is 11.0. The topological polar surface area (TPSA) is 29.9 Å². The summed E-state index contributed by atoms with van der Waals surface area (Å²) in [6, 6.07) is 0.343. The van der Waals surface area contributed by atoms with Gasteiger partial charge in [0.2, 0.25) is 0 Å². The van der Waals surface area contributed by atoms with Crippen molar-refractivity contribution in [3.8, 4) is 0 Å². The molecule has 104 valence electrons. The predicted molar refractivity (Wildman–Crippen MR) is 64.0 cm³/mol. The van der Waals surface area contributed by atoms with Crippen molar-refractivity contribution < 1.29 is 13.2 Å². The molecule has 6 heteroatoms. The van der Waals surface area contributed by atoms with Crippen LogP contribution in [0.4, 0.5) is 13.2 Å². The Labute approximate surface area is 105 Å². The van der Waals surface area contributed by atoms with E-state index >= 15 is 0 Å². The molecule has 1 aromatic rings. The van der Waals surface area contributed by atoms with Gasteiger partial charge in [0.1, 0.15) is 6.54 Å². The molecule has 0 aliphatic rings. The van der Waals surface area contributed by atoms with Crippen LogP contribution in [0.15, 0.2) is 12.4 Å². The first-order valence-corrected chi connectivity index (χ1v) is 6.07. The number of nitrogens with zero attached hydrogens (tertiary/aromatic N) is 2. The van der Waals surface area contributed by atoms with E-state index in [0.29, 0.717) is 18.5 Å². The normalized spacial score (nSPS) is 14.2. The van der Waals surface area contributed by atoms with Gasteiger partial charge in [-0.15, -0.1) is 0 Å². The fourth-order valence-corrected chi connectivity index (χ4v) is 1.85. The molecule has 1 heterocycles. The summed E-state index contributed by atoms with van der Waals surface area (Å²) >= 11 is 0. The lowest BCUT2D eigenvalue weighted by Gasteiger charge is -2.15. The number of aromatic nitrogens is 2. The van der Waals surface area contributed by atoms with E-state index in [1.54, 1.807) is 0 Å². The van der Waals surface area contributed by atoms with Crippen LogP contribution in [0.5, 0.6) is 0 Å². The van der Waals surface area contributed by atoms with Crippen LogP contribution >= 0.6 is 0 Å². The lowest BCUT2D eigenvalue weighted by molar-refractivity contribution is -0.142. The van der Waals surface area contributed by atoms with Gasteiger partial charge in [-0.1, -0.05) is 13.8 Å². The van der Waals surface area contributed by atoms with Crippen molar-refractivity contribution in [1.82, 2.24) is 15.1 Å². The van der Waals surface area contributed by atoms with Gasteiger partial charge >= 0.3 is 6.18 Å². The Bertz CT molecular complexity index is 358. The smallest absolute Gasteiger partial charge is 0.310 e. The summed E-state index contributed by atoms with van der Waals surface area (Å²) in [7, 11) is 0. The van der Waals surface area contributed by atoms with E-state index in [1.807, 2.05) is 0 Å². The summed E-state index contributed by atoms with van der Waals surface area (Å²) < 4.78 is 37.3. The van der Waals surface area contributed by atoms with Crippen LogP contribution in [-0.4, -0.2) is 22.0 Å². The lowest BCUT2D eigenvalue weighted by Crippen LogP contribution is -2.26. The van der Waals surface area contributed by atoms with Crippen LogP contribution in [0.2, 0.25) is 0 Å². The molecule has 0 amide bonds. The Hall–Kier alpha value is -1.04. The Kier molecular flexibility index (Phi) is 5.19. The van der Waals surface area contributed by atoms with Crippen LogP contribution < -0.4 is 5.32 Å². The molecule has 0 radical (unpaired) electrons. The molecular weight excluding hydrogens is 243 g/mol. The van der Waals surface area contributed by atoms with E-state index in [9.17, 15) is 13.2 Å². The minimum Gasteiger partial charge on any atom is -0.310 e. The maximum atomic E-state index is 12.1. The maximum absolute atomic E-state index is 12.1. The van der Waals surface area contributed by atoms with Gasteiger partial charge in [-0.25, -0.2) is 0 Å². The molecule has 0 bridgehead atoms. The van der Waals surface area contributed by atoms with E-state index < -0.39 is 12.7 Å². The predicted octanol–water partition coefficient (Wildman–Crippen LogP) is 2.97. The van der Waals surface area contributed by atoms with Crippen molar-refractivity contribution in [2.24, 2.45) is 5.92 Å². The summed E-state index contributed by atoms with van der Waals surface area (Å²) in [5, 5.41) is 6.97. The van der Waals surface area contributed by atoms with Crippen LogP contribution in [0, 0.1) is 5.92 Å². The van der Waals surface area contributed by atoms with E-state index in [4.69, 9.17) is 0 Å². The van der Waals surface area contributed by atoms with Gasteiger partial charge in [0.05, 0.1) is 6.20 Å². The molecule has 3 nitrogen and oxygen atoms in total. The molecule has 1 atom stereocenters. The fraction of sp³-hybridized carbons (Fsp3) is 0.750. The first kappa shape index (κ1) is 15.0. The third-order valence-electron chi connectivity index (χ3n) is 2.51. The molecule has 0 aromatic carbocycles. The summed E-state index contributed by atoms with van der Waals surface area (Å²) in [6.45, 7) is 5.86. The summed E-state index contributed by atoms with van der Waals surface area (Å²) in [5.74, 6) is 0.598. The van der Waals surface area contributed by atoms with Gasteiger partial charge in [0, 0.05) is 24.3 Å². The van der Waals surface area contributed by atoms with Crippen LogP contribution in [0.25, 0.3) is 0 Å². The van der Waals surface area contributed by atoms with E-state index in [-0.39, 0.29) is 0 Å². The Morgan fingerprint density at radius 1 is 1.33 bits per heavy atom. The highest BCUT2D eigenvalue weighted by Crippen LogP contribution is 2.17. The molecule has 1 rings (SSSR count). The zero-order valence-electron chi connectivity index (χ0n) is 11.0. The third-order valence-corrected chi connectivity index (χ3v) is 2.51. The SMILES string of the molecule is CC(C)CC(C)NCc1cnn(CC(F)(F)F)c1. The molecule has 0 aliphatic heterocycles. The molecule has 0 saturated heterocycles. The average molecular weight is 263 g/mol. The molecule has 0 fully saturated rings.